The first-order valence-electron chi connectivity index (χ1n) is 6.56. The van der Waals surface area contributed by atoms with Crippen LogP contribution < -0.4 is 5.32 Å². The molecule has 0 aliphatic rings. The molecule has 1 aromatic carbocycles. The maximum absolute atomic E-state index is 5.15. The molecule has 0 bridgehead atoms. The topological polar surface area (TPSA) is 38.1 Å². The molecule has 3 aromatic rings. The predicted molar refractivity (Wildman–Crippen MR) is 81.8 cm³/mol. The molecule has 3 nitrogen and oxygen atoms in total. The van der Waals surface area contributed by atoms with E-state index in [0.717, 1.165) is 22.7 Å². The summed E-state index contributed by atoms with van der Waals surface area (Å²) >= 11 is 1.70. The van der Waals surface area contributed by atoms with Crippen LogP contribution in [0, 0.1) is 0 Å². The molecule has 0 saturated carbocycles. The van der Waals surface area contributed by atoms with Crippen LogP contribution in [0.1, 0.15) is 16.6 Å². The summed E-state index contributed by atoms with van der Waals surface area (Å²) in [5.74, 6) is 0. The highest BCUT2D eigenvalue weighted by molar-refractivity contribution is 7.09. The maximum atomic E-state index is 5.15. The first-order valence-corrected chi connectivity index (χ1v) is 7.44. The number of hydrogen-bond acceptors (Lipinski definition) is 4. The summed E-state index contributed by atoms with van der Waals surface area (Å²) in [5.41, 5.74) is 3.37. The number of benzene rings is 1. The summed E-state index contributed by atoms with van der Waals surface area (Å²) in [5, 5.41) is 6.56. The van der Waals surface area contributed by atoms with Crippen LogP contribution in [0.25, 0.3) is 11.3 Å². The minimum absolute atomic E-state index is 0.239. The third kappa shape index (κ3) is 2.81. The van der Waals surface area contributed by atoms with Crippen LogP contribution in [0.3, 0.4) is 0 Å². The van der Waals surface area contributed by atoms with Crippen molar-refractivity contribution in [1.29, 1.82) is 0 Å². The Morgan fingerprint density at radius 2 is 2.10 bits per heavy atom. The highest BCUT2D eigenvalue weighted by Crippen LogP contribution is 2.25. The van der Waals surface area contributed by atoms with Gasteiger partial charge in [0, 0.05) is 29.0 Å². The fourth-order valence-corrected chi connectivity index (χ4v) is 3.03. The van der Waals surface area contributed by atoms with Gasteiger partial charge in [0.2, 0.25) is 0 Å². The Bertz CT molecular complexity index is 646. The van der Waals surface area contributed by atoms with Crippen molar-refractivity contribution in [2.75, 3.05) is 7.05 Å². The Kier molecular flexibility index (Phi) is 3.95. The summed E-state index contributed by atoms with van der Waals surface area (Å²) in [6.45, 7) is 0. The molecule has 0 fully saturated rings. The molecule has 20 heavy (non-hydrogen) atoms. The van der Waals surface area contributed by atoms with Gasteiger partial charge in [-0.05, 0) is 13.1 Å². The highest BCUT2D eigenvalue weighted by Gasteiger charge is 2.14. The van der Waals surface area contributed by atoms with Crippen molar-refractivity contribution in [1.82, 2.24) is 10.3 Å². The zero-order valence-corrected chi connectivity index (χ0v) is 12.1. The fraction of sp³-hybridized carbons (Fsp3) is 0.188. The Balaban J connectivity index is 1.77. The normalized spacial score (nSPS) is 12.4. The molecule has 0 radical (unpaired) electrons. The number of aromatic nitrogens is 1. The zero-order valence-electron chi connectivity index (χ0n) is 11.2. The molecule has 2 heterocycles. The number of rotatable bonds is 5. The number of nitrogens with one attached hydrogen (secondary N) is 1. The van der Waals surface area contributed by atoms with Crippen LogP contribution in [-0.2, 0) is 6.42 Å². The fourth-order valence-electron chi connectivity index (χ4n) is 2.18. The number of likely N-dealkylation sites (N-methyl/N-ethyl adjacent to an activating group) is 1. The van der Waals surface area contributed by atoms with Gasteiger partial charge in [-0.3, -0.25) is 0 Å². The third-order valence-corrected chi connectivity index (χ3v) is 4.17. The summed E-state index contributed by atoms with van der Waals surface area (Å²) < 4.78 is 5.15. The van der Waals surface area contributed by atoms with Crippen LogP contribution in [0.4, 0.5) is 0 Å². The van der Waals surface area contributed by atoms with Gasteiger partial charge in [-0.15, -0.1) is 11.3 Å². The molecule has 2 aromatic heterocycles. The van der Waals surface area contributed by atoms with Gasteiger partial charge < -0.3 is 9.73 Å². The van der Waals surface area contributed by atoms with Crippen LogP contribution in [0.15, 0.2) is 58.7 Å². The maximum Gasteiger partial charge on any atom is 0.0951 e. The van der Waals surface area contributed by atoms with Gasteiger partial charge in [-0.2, -0.15) is 0 Å². The van der Waals surface area contributed by atoms with Gasteiger partial charge >= 0.3 is 0 Å². The van der Waals surface area contributed by atoms with E-state index in [1.54, 1.807) is 23.9 Å². The predicted octanol–water partition coefficient (Wildman–Crippen LogP) is 3.91. The molecule has 102 valence electrons. The SMILES string of the molecule is CNC(Cc1nc(-c2ccccc2)cs1)c1ccoc1. The van der Waals surface area contributed by atoms with Gasteiger partial charge in [0.05, 0.1) is 23.2 Å². The smallest absolute Gasteiger partial charge is 0.0951 e. The number of hydrogen-bond donors (Lipinski definition) is 1. The lowest BCUT2D eigenvalue weighted by atomic mass is 10.1. The van der Waals surface area contributed by atoms with Gasteiger partial charge in [-0.25, -0.2) is 4.98 Å². The van der Waals surface area contributed by atoms with Gasteiger partial charge in [0.1, 0.15) is 0 Å². The average molecular weight is 284 g/mol. The molecule has 0 aliphatic carbocycles. The first-order chi connectivity index (χ1) is 9.86. The van der Waals surface area contributed by atoms with E-state index in [2.05, 4.69) is 22.8 Å². The van der Waals surface area contributed by atoms with E-state index in [1.807, 2.05) is 31.3 Å². The molecule has 0 saturated heterocycles. The van der Waals surface area contributed by atoms with E-state index in [4.69, 9.17) is 9.40 Å². The third-order valence-electron chi connectivity index (χ3n) is 3.29. The van der Waals surface area contributed by atoms with Crippen LogP contribution in [-0.4, -0.2) is 12.0 Å². The van der Waals surface area contributed by atoms with E-state index < -0.39 is 0 Å². The zero-order chi connectivity index (χ0) is 13.8. The lowest BCUT2D eigenvalue weighted by molar-refractivity contribution is 0.542. The largest absolute Gasteiger partial charge is 0.472 e. The molecule has 1 unspecified atom stereocenters. The van der Waals surface area contributed by atoms with Gasteiger partial charge in [0.15, 0.2) is 0 Å². The minimum atomic E-state index is 0.239. The Morgan fingerprint density at radius 1 is 1.25 bits per heavy atom. The number of thiazole rings is 1. The van der Waals surface area contributed by atoms with Crippen LogP contribution in [0.2, 0.25) is 0 Å². The molecule has 1 N–H and O–H groups in total. The quantitative estimate of drug-likeness (QED) is 0.772. The highest BCUT2D eigenvalue weighted by atomic mass is 32.1. The van der Waals surface area contributed by atoms with Gasteiger partial charge in [-0.1, -0.05) is 30.3 Å². The monoisotopic (exact) mass is 284 g/mol. The molecular formula is C16H16N2OS. The van der Waals surface area contributed by atoms with Crippen LogP contribution >= 0.6 is 11.3 Å². The van der Waals surface area contributed by atoms with E-state index in [1.165, 1.54) is 5.56 Å². The number of nitrogens with zero attached hydrogens (tertiary/aromatic N) is 1. The van der Waals surface area contributed by atoms with E-state index in [-0.39, 0.29) is 6.04 Å². The standard InChI is InChI=1S/C16H16N2OS/c1-17-14(13-7-8-19-10-13)9-16-18-15(11-20-16)12-5-3-2-4-6-12/h2-8,10-11,14,17H,9H2,1H3. The van der Waals surface area contributed by atoms with E-state index in [9.17, 15) is 0 Å². The first kappa shape index (κ1) is 13.1. The summed E-state index contributed by atoms with van der Waals surface area (Å²) in [6, 6.07) is 12.5. The van der Waals surface area contributed by atoms with Crippen molar-refractivity contribution in [2.24, 2.45) is 0 Å². The molecule has 0 amide bonds. The average Bonchev–Trinajstić information content (AvgIpc) is 3.17. The van der Waals surface area contributed by atoms with Crippen molar-refractivity contribution in [3.8, 4) is 11.3 Å². The van der Waals surface area contributed by atoms with Crippen molar-refractivity contribution in [3.05, 3.63) is 64.9 Å². The molecule has 3 rings (SSSR count). The molecule has 1 atom stereocenters. The Labute approximate surface area is 122 Å². The van der Waals surface area contributed by atoms with Crippen molar-refractivity contribution in [3.63, 3.8) is 0 Å². The lowest BCUT2D eigenvalue weighted by Gasteiger charge is -2.12. The van der Waals surface area contributed by atoms with E-state index >= 15 is 0 Å². The lowest BCUT2D eigenvalue weighted by Crippen LogP contribution is -2.18. The van der Waals surface area contributed by atoms with Gasteiger partial charge in [0.25, 0.3) is 0 Å². The molecule has 0 aliphatic heterocycles. The summed E-state index contributed by atoms with van der Waals surface area (Å²) in [7, 11) is 1.96. The van der Waals surface area contributed by atoms with E-state index in [0.29, 0.717) is 0 Å². The van der Waals surface area contributed by atoms with Crippen molar-refractivity contribution in [2.45, 2.75) is 12.5 Å². The van der Waals surface area contributed by atoms with Crippen molar-refractivity contribution < 1.29 is 4.42 Å². The summed E-state index contributed by atoms with van der Waals surface area (Å²) in [4.78, 5) is 4.73. The molecule has 0 spiro atoms. The molecule has 4 heteroatoms. The minimum Gasteiger partial charge on any atom is -0.472 e. The Hall–Kier alpha value is -1.91. The van der Waals surface area contributed by atoms with Crippen LogP contribution in [0.5, 0.6) is 0 Å². The number of furan rings is 1. The van der Waals surface area contributed by atoms with Crippen molar-refractivity contribution >= 4 is 11.3 Å². The second kappa shape index (κ2) is 6.03. The second-order valence-electron chi connectivity index (χ2n) is 4.59. The summed E-state index contributed by atoms with van der Waals surface area (Å²) in [6.07, 6.45) is 4.36. The Morgan fingerprint density at radius 3 is 2.80 bits per heavy atom. The second-order valence-corrected chi connectivity index (χ2v) is 5.54. The molecular weight excluding hydrogens is 268 g/mol.